The number of rotatable bonds is 6. The van der Waals surface area contributed by atoms with Gasteiger partial charge in [-0.3, -0.25) is 9.59 Å². The van der Waals surface area contributed by atoms with E-state index >= 15 is 0 Å². The Labute approximate surface area is 185 Å². The molecule has 0 saturated carbocycles. The largest absolute Gasteiger partial charge is 0.465 e. The van der Waals surface area contributed by atoms with Gasteiger partial charge in [-0.1, -0.05) is 48.0 Å². The molecule has 0 fully saturated rings. The van der Waals surface area contributed by atoms with Gasteiger partial charge < -0.3 is 15.4 Å². The molecule has 6 nitrogen and oxygen atoms in total. The summed E-state index contributed by atoms with van der Waals surface area (Å²) in [5, 5.41) is 6.00. The molecule has 0 aliphatic rings. The molecule has 0 spiro atoms. The molecule has 0 radical (unpaired) electrons. The number of aryl methyl sites for hydroxylation is 1. The van der Waals surface area contributed by atoms with E-state index in [2.05, 4.69) is 10.6 Å². The Morgan fingerprint density at radius 1 is 0.968 bits per heavy atom. The monoisotopic (exact) mass is 436 g/mol. The molecule has 3 rings (SSSR count). The molecule has 1 atom stereocenters. The normalized spacial score (nSPS) is 11.5. The summed E-state index contributed by atoms with van der Waals surface area (Å²) in [6.07, 6.45) is 0. The van der Waals surface area contributed by atoms with Gasteiger partial charge in [0.25, 0.3) is 11.8 Å². The summed E-state index contributed by atoms with van der Waals surface area (Å²) in [4.78, 5) is 38.4. The summed E-state index contributed by atoms with van der Waals surface area (Å²) >= 11 is 1.06. The third-order valence-electron chi connectivity index (χ3n) is 4.90. The Morgan fingerprint density at radius 2 is 1.68 bits per heavy atom. The van der Waals surface area contributed by atoms with Gasteiger partial charge in [-0.25, -0.2) is 4.79 Å². The minimum atomic E-state index is -0.608. The molecule has 2 aromatic carbocycles. The van der Waals surface area contributed by atoms with Gasteiger partial charge in [0.05, 0.1) is 23.6 Å². The lowest BCUT2D eigenvalue weighted by atomic mass is 10.1. The summed E-state index contributed by atoms with van der Waals surface area (Å²) in [5.41, 5.74) is 3.02. The predicted octanol–water partition coefficient (Wildman–Crippen LogP) is 4.89. The highest BCUT2D eigenvalue weighted by Crippen LogP contribution is 2.34. The van der Waals surface area contributed by atoms with Crippen LogP contribution in [-0.4, -0.2) is 24.9 Å². The third kappa shape index (κ3) is 5.00. The molecular formula is C24H24N2O4S. The molecular weight excluding hydrogens is 412 g/mol. The Hall–Kier alpha value is -3.45. The van der Waals surface area contributed by atoms with E-state index in [1.165, 1.54) is 7.11 Å². The molecule has 0 aliphatic heterocycles. The minimum absolute atomic E-state index is 0.186. The number of thiophene rings is 1. The highest BCUT2D eigenvalue weighted by atomic mass is 32.1. The van der Waals surface area contributed by atoms with Crippen molar-refractivity contribution in [2.75, 3.05) is 12.4 Å². The molecule has 0 aliphatic carbocycles. The third-order valence-corrected chi connectivity index (χ3v) is 6.10. The van der Waals surface area contributed by atoms with E-state index in [1.807, 2.05) is 50.2 Å². The first-order chi connectivity index (χ1) is 14.8. The molecule has 1 unspecified atom stereocenters. The first kappa shape index (κ1) is 22.2. The second kappa shape index (κ2) is 9.57. The first-order valence-corrected chi connectivity index (χ1v) is 10.6. The second-order valence-electron chi connectivity index (χ2n) is 7.18. The molecule has 160 valence electrons. The van der Waals surface area contributed by atoms with Gasteiger partial charge in [-0.15, -0.1) is 11.3 Å². The van der Waals surface area contributed by atoms with Crippen molar-refractivity contribution >= 4 is 34.1 Å². The van der Waals surface area contributed by atoms with Crippen LogP contribution in [0.3, 0.4) is 0 Å². The summed E-state index contributed by atoms with van der Waals surface area (Å²) in [6.45, 7) is 5.45. The van der Waals surface area contributed by atoms with E-state index in [9.17, 15) is 14.4 Å². The average molecular weight is 437 g/mol. The van der Waals surface area contributed by atoms with Crippen LogP contribution in [0.5, 0.6) is 0 Å². The van der Waals surface area contributed by atoms with Gasteiger partial charge in [0.15, 0.2) is 0 Å². The molecule has 0 bridgehead atoms. The molecule has 31 heavy (non-hydrogen) atoms. The average Bonchev–Trinajstić information content (AvgIpc) is 3.09. The zero-order valence-corrected chi connectivity index (χ0v) is 18.6. The van der Waals surface area contributed by atoms with Gasteiger partial charge >= 0.3 is 5.97 Å². The number of ether oxygens (including phenoxy) is 1. The number of anilines is 1. The number of methoxy groups -OCH3 is 1. The highest BCUT2D eigenvalue weighted by Gasteiger charge is 2.27. The Kier molecular flexibility index (Phi) is 6.87. The van der Waals surface area contributed by atoms with Crippen molar-refractivity contribution in [1.82, 2.24) is 5.32 Å². The standard InChI is InChI=1S/C24H24N2O4S/c1-14-9-8-12-18(13-14)21(27)26-23-19(24(29)30-4)15(2)20(31-23)22(28)25-16(3)17-10-6-5-7-11-17/h5-13,16H,1-4H3,(H,25,28)(H,26,27). The maximum Gasteiger partial charge on any atom is 0.341 e. The summed E-state index contributed by atoms with van der Waals surface area (Å²) in [5.74, 6) is -1.29. The van der Waals surface area contributed by atoms with E-state index in [-0.39, 0.29) is 28.4 Å². The van der Waals surface area contributed by atoms with Crippen LogP contribution in [0.15, 0.2) is 54.6 Å². The Bertz CT molecular complexity index is 1120. The van der Waals surface area contributed by atoms with Crippen molar-refractivity contribution in [3.8, 4) is 0 Å². The number of carbonyl (C=O) groups excluding carboxylic acids is 3. The summed E-state index contributed by atoms with van der Waals surface area (Å²) in [6, 6.07) is 16.5. The van der Waals surface area contributed by atoms with E-state index in [0.29, 0.717) is 16.0 Å². The molecule has 7 heteroatoms. The van der Waals surface area contributed by atoms with Crippen molar-refractivity contribution in [2.24, 2.45) is 0 Å². The van der Waals surface area contributed by atoms with Gasteiger partial charge in [0.2, 0.25) is 0 Å². The fourth-order valence-corrected chi connectivity index (χ4v) is 4.31. The topological polar surface area (TPSA) is 84.5 Å². The summed E-state index contributed by atoms with van der Waals surface area (Å²) < 4.78 is 4.89. The first-order valence-electron chi connectivity index (χ1n) is 9.77. The minimum Gasteiger partial charge on any atom is -0.465 e. The van der Waals surface area contributed by atoms with Crippen molar-refractivity contribution in [2.45, 2.75) is 26.8 Å². The Morgan fingerprint density at radius 3 is 2.32 bits per heavy atom. The lowest BCUT2D eigenvalue weighted by Gasteiger charge is -2.14. The smallest absolute Gasteiger partial charge is 0.341 e. The molecule has 2 N–H and O–H groups in total. The van der Waals surface area contributed by atoms with E-state index in [4.69, 9.17) is 4.74 Å². The molecule has 1 heterocycles. The number of esters is 1. The van der Waals surface area contributed by atoms with Crippen LogP contribution in [0.1, 0.15) is 60.0 Å². The van der Waals surface area contributed by atoms with E-state index in [0.717, 1.165) is 22.5 Å². The van der Waals surface area contributed by atoms with Crippen LogP contribution in [0, 0.1) is 13.8 Å². The number of amides is 2. The molecule has 1 aromatic heterocycles. The maximum atomic E-state index is 13.0. The maximum absolute atomic E-state index is 13.0. The van der Waals surface area contributed by atoms with Gasteiger partial charge in [0, 0.05) is 5.56 Å². The summed E-state index contributed by atoms with van der Waals surface area (Å²) in [7, 11) is 1.27. The second-order valence-corrected chi connectivity index (χ2v) is 8.20. The lowest BCUT2D eigenvalue weighted by Crippen LogP contribution is -2.26. The van der Waals surface area contributed by atoms with Crippen LogP contribution < -0.4 is 10.6 Å². The molecule has 3 aromatic rings. The van der Waals surface area contributed by atoms with E-state index in [1.54, 1.807) is 25.1 Å². The van der Waals surface area contributed by atoms with Gasteiger partial charge in [-0.05, 0) is 44.0 Å². The van der Waals surface area contributed by atoms with Crippen LogP contribution in [0.25, 0.3) is 0 Å². The fraction of sp³-hybridized carbons (Fsp3) is 0.208. The van der Waals surface area contributed by atoms with Crippen molar-refractivity contribution in [3.05, 3.63) is 87.3 Å². The van der Waals surface area contributed by atoms with Crippen LogP contribution >= 0.6 is 11.3 Å². The van der Waals surface area contributed by atoms with Crippen LogP contribution in [-0.2, 0) is 4.74 Å². The van der Waals surface area contributed by atoms with Crippen LogP contribution in [0.2, 0.25) is 0 Å². The molecule has 0 saturated heterocycles. The number of hydrogen-bond donors (Lipinski definition) is 2. The lowest BCUT2D eigenvalue weighted by molar-refractivity contribution is 0.0601. The van der Waals surface area contributed by atoms with Crippen molar-refractivity contribution < 1.29 is 19.1 Å². The van der Waals surface area contributed by atoms with E-state index < -0.39 is 5.97 Å². The SMILES string of the molecule is COC(=O)c1c(NC(=O)c2cccc(C)c2)sc(C(=O)NC(C)c2ccccc2)c1C. The number of nitrogens with one attached hydrogen (secondary N) is 2. The highest BCUT2D eigenvalue weighted by molar-refractivity contribution is 7.18. The predicted molar refractivity (Wildman–Crippen MR) is 122 cm³/mol. The van der Waals surface area contributed by atoms with Crippen molar-refractivity contribution in [3.63, 3.8) is 0 Å². The Balaban J connectivity index is 1.90. The van der Waals surface area contributed by atoms with Crippen molar-refractivity contribution in [1.29, 1.82) is 0 Å². The molecule has 2 amide bonds. The fourth-order valence-electron chi connectivity index (χ4n) is 3.21. The number of carbonyl (C=O) groups is 3. The zero-order chi connectivity index (χ0) is 22.5. The number of hydrogen-bond acceptors (Lipinski definition) is 5. The van der Waals surface area contributed by atoms with Crippen LogP contribution in [0.4, 0.5) is 5.00 Å². The van der Waals surface area contributed by atoms with Gasteiger partial charge in [0.1, 0.15) is 5.00 Å². The number of benzene rings is 2. The quantitative estimate of drug-likeness (QED) is 0.539. The van der Waals surface area contributed by atoms with Gasteiger partial charge in [-0.2, -0.15) is 0 Å². The zero-order valence-electron chi connectivity index (χ0n) is 17.8.